The van der Waals surface area contributed by atoms with Crippen molar-refractivity contribution in [2.24, 2.45) is 5.92 Å². The summed E-state index contributed by atoms with van der Waals surface area (Å²) in [4.78, 5) is 12.4. The molecule has 0 saturated carbocycles. The van der Waals surface area contributed by atoms with Crippen LogP contribution in [0.25, 0.3) is 0 Å². The van der Waals surface area contributed by atoms with Gasteiger partial charge >= 0.3 is 0 Å². The summed E-state index contributed by atoms with van der Waals surface area (Å²) in [7, 11) is 0. The molecule has 2 aromatic carbocycles. The minimum atomic E-state index is -0.0738. The highest BCUT2D eigenvalue weighted by molar-refractivity contribution is 6.31. The number of ketones is 1. The van der Waals surface area contributed by atoms with E-state index in [1.807, 2.05) is 24.3 Å². The largest absolute Gasteiger partial charge is 0.398 e. The average molecular weight is 288 g/mol. The van der Waals surface area contributed by atoms with Crippen LogP contribution in [-0.4, -0.2) is 5.78 Å². The van der Waals surface area contributed by atoms with Gasteiger partial charge in [-0.3, -0.25) is 4.79 Å². The van der Waals surface area contributed by atoms with Gasteiger partial charge in [-0.2, -0.15) is 0 Å². The lowest BCUT2D eigenvalue weighted by atomic mass is 9.98. The predicted molar refractivity (Wildman–Crippen MR) is 84.3 cm³/mol. The summed E-state index contributed by atoms with van der Waals surface area (Å²) in [6.45, 7) is 4.35. The van der Waals surface area contributed by atoms with Crippen molar-refractivity contribution in [3.8, 4) is 0 Å². The maximum absolute atomic E-state index is 12.4. The van der Waals surface area contributed by atoms with Gasteiger partial charge < -0.3 is 5.73 Å². The second kappa shape index (κ2) is 6.10. The third-order valence-electron chi connectivity index (χ3n) is 3.12. The van der Waals surface area contributed by atoms with Crippen LogP contribution in [-0.2, 0) is 6.42 Å². The van der Waals surface area contributed by atoms with Crippen LogP contribution >= 0.6 is 11.6 Å². The van der Waals surface area contributed by atoms with E-state index in [0.29, 0.717) is 27.8 Å². The van der Waals surface area contributed by atoms with Crippen LogP contribution < -0.4 is 5.73 Å². The van der Waals surface area contributed by atoms with Gasteiger partial charge in [0.2, 0.25) is 0 Å². The Labute approximate surface area is 124 Å². The van der Waals surface area contributed by atoms with E-state index in [1.165, 1.54) is 5.56 Å². The Balaban J connectivity index is 2.25. The molecule has 2 rings (SSSR count). The molecule has 2 aromatic rings. The quantitative estimate of drug-likeness (QED) is 0.671. The Morgan fingerprint density at radius 3 is 2.35 bits per heavy atom. The second-order valence-corrected chi connectivity index (χ2v) is 5.79. The molecule has 0 unspecified atom stereocenters. The number of benzene rings is 2. The number of hydrogen-bond acceptors (Lipinski definition) is 2. The monoisotopic (exact) mass is 287 g/mol. The smallest absolute Gasteiger partial charge is 0.195 e. The molecule has 0 radical (unpaired) electrons. The first-order chi connectivity index (χ1) is 9.47. The lowest BCUT2D eigenvalue weighted by Crippen LogP contribution is -2.05. The van der Waals surface area contributed by atoms with Gasteiger partial charge in [-0.1, -0.05) is 49.7 Å². The van der Waals surface area contributed by atoms with Crippen LogP contribution in [0.5, 0.6) is 0 Å². The number of nitrogens with two attached hydrogens (primary N) is 1. The van der Waals surface area contributed by atoms with Gasteiger partial charge in [-0.05, 0) is 36.1 Å². The molecule has 0 heterocycles. The molecule has 104 valence electrons. The van der Waals surface area contributed by atoms with Crippen LogP contribution in [0.4, 0.5) is 5.69 Å². The number of rotatable bonds is 4. The molecule has 0 aromatic heterocycles. The topological polar surface area (TPSA) is 43.1 Å². The zero-order valence-corrected chi connectivity index (χ0v) is 12.4. The molecule has 20 heavy (non-hydrogen) atoms. The fraction of sp³-hybridized carbons (Fsp3) is 0.235. The maximum Gasteiger partial charge on any atom is 0.195 e. The average Bonchev–Trinajstić information content (AvgIpc) is 2.38. The summed E-state index contributed by atoms with van der Waals surface area (Å²) < 4.78 is 0. The van der Waals surface area contributed by atoms with Crippen molar-refractivity contribution in [3.05, 3.63) is 64.2 Å². The first kappa shape index (κ1) is 14.6. The van der Waals surface area contributed by atoms with Crippen LogP contribution in [0.3, 0.4) is 0 Å². The molecule has 0 fully saturated rings. The van der Waals surface area contributed by atoms with E-state index in [1.54, 1.807) is 18.2 Å². The van der Waals surface area contributed by atoms with E-state index >= 15 is 0 Å². The van der Waals surface area contributed by atoms with Crippen molar-refractivity contribution in [2.45, 2.75) is 20.3 Å². The minimum Gasteiger partial charge on any atom is -0.398 e. The molecule has 0 aliphatic carbocycles. The summed E-state index contributed by atoms with van der Waals surface area (Å²) in [5.74, 6) is 0.527. The lowest BCUT2D eigenvalue weighted by Gasteiger charge is -2.08. The summed E-state index contributed by atoms with van der Waals surface area (Å²) in [5.41, 5.74) is 8.63. The number of nitrogen functional groups attached to an aromatic ring is 1. The van der Waals surface area contributed by atoms with Crippen molar-refractivity contribution in [3.63, 3.8) is 0 Å². The van der Waals surface area contributed by atoms with Crippen molar-refractivity contribution in [2.75, 3.05) is 5.73 Å². The van der Waals surface area contributed by atoms with E-state index in [2.05, 4.69) is 13.8 Å². The fourth-order valence-corrected chi connectivity index (χ4v) is 2.34. The maximum atomic E-state index is 12.4. The van der Waals surface area contributed by atoms with Crippen molar-refractivity contribution in [1.29, 1.82) is 0 Å². The van der Waals surface area contributed by atoms with Gasteiger partial charge in [-0.25, -0.2) is 0 Å². The molecule has 3 heteroatoms. The van der Waals surface area contributed by atoms with Gasteiger partial charge in [0.05, 0.1) is 0 Å². The van der Waals surface area contributed by atoms with E-state index < -0.39 is 0 Å². The molecule has 0 amide bonds. The van der Waals surface area contributed by atoms with Gasteiger partial charge in [0.15, 0.2) is 5.78 Å². The number of hydrogen-bond donors (Lipinski definition) is 1. The van der Waals surface area contributed by atoms with Crippen LogP contribution in [0.15, 0.2) is 42.5 Å². The number of carbonyl (C=O) groups excluding carboxylic acids is 1. The van der Waals surface area contributed by atoms with Crippen molar-refractivity contribution >= 4 is 23.1 Å². The molecule has 0 spiro atoms. The third kappa shape index (κ3) is 3.40. The number of halogens is 1. The highest BCUT2D eigenvalue weighted by Gasteiger charge is 2.12. The van der Waals surface area contributed by atoms with Crippen molar-refractivity contribution in [1.82, 2.24) is 0 Å². The second-order valence-electron chi connectivity index (χ2n) is 5.36. The standard InChI is InChI=1S/C17H18ClNO/c1-11(2)9-12-3-5-13(6-4-12)17(20)15-8-7-14(18)10-16(15)19/h3-8,10-11H,9,19H2,1-2H3. The van der Waals surface area contributed by atoms with Crippen LogP contribution in [0.1, 0.15) is 35.3 Å². The normalized spacial score (nSPS) is 10.8. The summed E-state index contributed by atoms with van der Waals surface area (Å²) >= 11 is 5.85. The Bertz CT molecular complexity index is 617. The highest BCUT2D eigenvalue weighted by Crippen LogP contribution is 2.21. The Morgan fingerprint density at radius 2 is 1.80 bits per heavy atom. The van der Waals surface area contributed by atoms with E-state index in [9.17, 15) is 4.79 Å². The molecule has 0 atom stereocenters. The molecule has 2 nitrogen and oxygen atoms in total. The summed E-state index contributed by atoms with van der Waals surface area (Å²) in [6, 6.07) is 12.7. The first-order valence-electron chi connectivity index (χ1n) is 6.66. The van der Waals surface area contributed by atoms with Gasteiger partial charge in [-0.15, -0.1) is 0 Å². The molecular weight excluding hydrogens is 270 g/mol. The first-order valence-corrected chi connectivity index (χ1v) is 7.04. The van der Waals surface area contributed by atoms with Crippen molar-refractivity contribution < 1.29 is 4.79 Å². The van der Waals surface area contributed by atoms with E-state index in [4.69, 9.17) is 17.3 Å². The zero-order valence-electron chi connectivity index (χ0n) is 11.7. The van der Waals surface area contributed by atoms with Crippen LogP contribution in [0.2, 0.25) is 5.02 Å². The number of carbonyl (C=O) groups is 1. The predicted octanol–water partition coefficient (Wildman–Crippen LogP) is 4.35. The van der Waals surface area contributed by atoms with E-state index in [-0.39, 0.29) is 5.78 Å². The third-order valence-corrected chi connectivity index (χ3v) is 3.35. The Kier molecular flexibility index (Phi) is 4.46. The summed E-state index contributed by atoms with van der Waals surface area (Å²) in [5, 5.41) is 0.534. The molecular formula is C17H18ClNO. The molecule has 0 saturated heterocycles. The Morgan fingerprint density at radius 1 is 1.15 bits per heavy atom. The minimum absolute atomic E-state index is 0.0738. The molecule has 0 aliphatic rings. The molecule has 0 bridgehead atoms. The van der Waals surface area contributed by atoms with E-state index in [0.717, 1.165) is 6.42 Å². The summed E-state index contributed by atoms with van der Waals surface area (Å²) in [6.07, 6.45) is 1.01. The lowest BCUT2D eigenvalue weighted by molar-refractivity contribution is 0.103. The SMILES string of the molecule is CC(C)Cc1ccc(C(=O)c2ccc(Cl)cc2N)cc1. The number of anilines is 1. The van der Waals surface area contributed by atoms with Crippen LogP contribution in [0, 0.1) is 5.92 Å². The van der Waals surface area contributed by atoms with Gasteiger partial charge in [0, 0.05) is 21.8 Å². The molecule has 2 N–H and O–H groups in total. The molecule has 0 aliphatic heterocycles. The van der Waals surface area contributed by atoms with Gasteiger partial charge in [0.25, 0.3) is 0 Å². The highest BCUT2D eigenvalue weighted by atomic mass is 35.5. The zero-order chi connectivity index (χ0) is 14.7. The fourth-order valence-electron chi connectivity index (χ4n) is 2.16. The van der Waals surface area contributed by atoms with Gasteiger partial charge in [0.1, 0.15) is 0 Å². The Hall–Kier alpha value is -1.80.